The Morgan fingerprint density at radius 2 is 2.31 bits per heavy atom. The molecule has 0 radical (unpaired) electrons. The molecule has 6 nitrogen and oxygen atoms in total. The highest BCUT2D eigenvalue weighted by atomic mass is 127. The first-order valence-corrected chi connectivity index (χ1v) is 9.12. The van der Waals surface area contributed by atoms with E-state index in [1.807, 2.05) is 25.7 Å². The zero-order chi connectivity index (χ0) is 18.1. The fraction of sp³-hybridized carbons (Fsp3) is 0.667. The number of anilines is 1. The monoisotopic (exact) mass is 479 g/mol. The molecule has 0 aliphatic carbocycles. The highest BCUT2D eigenvalue weighted by Gasteiger charge is 2.25. The fourth-order valence-electron chi connectivity index (χ4n) is 2.77. The summed E-state index contributed by atoms with van der Waals surface area (Å²) >= 11 is 0. The number of rotatable bonds is 8. The standard InChI is InChI=1S/C18H30FN5O.HI/c1-4-20-18(22-10-6-12-25-14(2)3)23-15-8-11-24(13-15)17-16(19)7-5-9-21-17;/h5,7,9,14-15H,4,6,8,10-13H2,1-3H3,(H2,20,22,23);1H. The second kappa shape index (κ2) is 12.3. The van der Waals surface area contributed by atoms with Crippen LogP contribution in [0.1, 0.15) is 33.6 Å². The Labute approximate surface area is 173 Å². The summed E-state index contributed by atoms with van der Waals surface area (Å²) in [6, 6.07) is 3.29. The van der Waals surface area contributed by atoms with Gasteiger partial charge >= 0.3 is 0 Å². The van der Waals surface area contributed by atoms with Gasteiger partial charge in [-0.15, -0.1) is 24.0 Å². The van der Waals surface area contributed by atoms with Crippen LogP contribution in [-0.2, 0) is 4.74 Å². The van der Waals surface area contributed by atoms with E-state index in [0.29, 0.717) is 12.4 Å². The van der Waals surface area contributed by atoms with Crippen LogP contribution in [0, 0.1) is 5.82 Å². The van der Waals surface area contributed by atoms with Crippen LogP contribution in [0.4, 0.5) is 10.2 Å². The summed E-state index contributed by atoms with van der Waals surface area (Å²) in [5, 5.41) is 6.71. The van der Waals surface area contributed by atoms with Crippen LogP contribution >= 0.6 is 24.0 Å². The maximum absolute atomic E-state index is 13.9. The third-order valence-electron chi connectivity index (χ3n) is 3.94. The number of halogens is 2. The van der Waals surface area contributed by atoms with E-state index in [2.05, 4.69) is 20.6 Å². The van der Waals surface area contributed by atoms with Gasteiger partial charge in [-0.2, -0.15) is 0 Å². The van der Waals surface area contributed by atoms with Gasteiger partial charge in [0.05, 0.1) is 6.10 Å². The summed E-state index contributed by atoms with van der Waals surface area (Å²) in [4.78, 5) is 10.7. The Bertz CT molecular complexity index is 558. The van der Waals surface area contributed by atoms with Gasteiger partial charge in [-0.3, -0.25) is 4.99 Å². The van der Waals surface area contributed by atoms with Gasteiger partial charge in [-0.1, -0.05) is 0 Å². The molecule has 1 unspecified atom stereocenters. The average molecular weight is 479 g/mol. The van der Waals surface area contributed by atoms with Crippen molar-refractivity contribution >= 4 is 35.8 Å². The van der Waals surface area contributed by atoms with E-state index in [1.54, 1.807) is 12.3 Å². The lowest BCUT2D eigenvalue weighted by molar-refractivity contribution is 0.0782. The third kappa shape index (κ3) is 7.61. The molecule has 0 amide bonds. The molecule has 1 saturated heterocycles. The summed E-state index contributed by atoms with van der Waals surface area (Å²) in [5.74, 6) is 0.967. The molecular formula is C18H31FIN5O. The predicted molar refractivity (Wildman–Crippen MR) is 115 cm³/mol. The molecule has 0 spiro atoms. The van der Waals surface area contributed by atoms with Crippen LogP contribution in [0.15, 0.2) is 23.3 Å². The van der Waals surface area contributed by atoms with Crippen molar-refractivity contribution in [3.63, 3.8) is 0 Å². The van der Waals surface area contributed by atoms with Crippen molar-refractivity contribution < 1.29 is 9.13 Å². The van der Waals surface area contributed by atoms with E-state index in [1.165, 1.54) is 6.07 Å². The predicted octanol–water partition coefficient (Wildman–Crippen LogP) is 2.79. The molecule has 1 aromatic heterocycles. The van der Waals surface area contributed by atoms with Gasteiger partial charge in [0.15, 0.2) is 17.6 Å². The molecule has 2 heterocycles. The fourth-order valence-corrected chi connectivity index (χ4v) is 2.77. The van der Waals surface area contributed by atoms with Crippen molar-refractivity contribution in [1.82, 2.24) is 15.6 Å². The van der Waals surface area contributed by atoms with E-state index < -0.39 is 0 Å². The summed E-state index contributed by atoms with van der Waals surface area (Å²) in [5.41, 5.74) is 0. The number of hydrogen-bond acceptors (Lipinski definition) is 4. The van der Waals surface area contributed by atoms with Crippen molar-refractivity contribution in [2.75, 3.05) is 37.7 Å². The topological polar surface area (TPSA) is 61.8 Å². The van der Waals surface area contributed by atoms with Crippen molar-refractivity contribution in [3.8, 4) is 0 Å². The molecule has 148 valence electrons. The molecule has 26 heavy (non-hydrogen) atoms. The smallest absolute Gasteiger partial charge is 0.191 e. The molecule has 0 aromatic carbocycles. The number of aliphatic imine (C=N–C) groups is 1. The van der Waals surface area contributed by atoms with Crippen LogP contribution in [0.25, 0.3) is 0 Å². The van der Waals surface area contributed by atoms with Gasteiger partial charge in [0.1, 0.15) is 0 Å². The minimum atomic E-state index is -0.270. The number of guanidine groups is 1. The quantitative estimate of drug-likeness (QED) is 0.260. The second-order valence-corrected chi connectivity index (χ2v) is 6.42. The highest BCUT2D eigenvalue weighted by Crippen LogP contribution is 2.20. The molecule has 2 rings (SSSR count). The van der Waals surface area contributed by atoms with E-state index in [-0.39, 0.29) is 41.9 Å². The lowest BCUT2D eigenvalue weighted by atomic mass is 10.3. The number of aromatic nitrogens is 1. The summed E-state index contributed by atoms with van der Waals surface area (Å²) in [6.07, 6.45) is 3.71. The van der Waals surface area contributed by atoms with Gasteiger partial charge in [-0.05, 0) is 45.7 Å². The maximum atomic E-state index is 13.9. The maximum Gasteiger partial charge on any atom is 0.191 e. The van der Waals surface area contributed by atoms with Crippen LogP contribution < -0.4 is 15.5 Å². The lowest BCUT2D eigenvalue weighted by Crippen LogP contribution is -2.44. The third-order valence-corrected chi connectivity index (χ3v) is 3.94. The molecule has 0 saturated carbocycles. The van der Waals surface area contributed by atoms with Gasteiger partial charge in [-0.25, -0.2) is 9.37 Å². The van der Waals surface area contributed by atoms with Crippen molar-refractivity contribution in [1.29, 1.82) is 0 Å². The van der Waals surface area contributed by atoms with Crippen molar-refractivity contribution in [3.05, 3.63) is 24.1 Å². The Kier molecular flexibility index (Phi) is 10.8. The number of ether oxygens (including phenoxy) is 1. The van der Waals surface area contributed by atoms with Gasteiger partial charge in [0.2, 0.25) is 0 Å². The molecule has 2 N–H and O–H groups in total. The summed E-state index contributed by atoms with van der Waals surface area (Å²) < 4.78 is 19.4. The Hall–Kier alpha value is -1.16. The molecule has 1 aliphatic rings. The highest BCUT2D eigenvalue weighted by molar-refractivity contribution is 14.0. The van der Waals surface area contributed by atoms with E-state index in [9.17, 15) is 4.39 Å². The zero-order valence-electron chi connectivity index (χ0n) is 15.9. The van der Waals surface area contributed by atoms with E-state index >= 15 is 0 Å². The van der Waals surface area contributed by atoms with Gasteiger partial charge in [0.25, 0.3) is 0 Å². The largest absolute Gasteiger partial charge is 0.379 e. The average Bonchev–Trinajstić information content (AvgIpc) is 3.03. The van der Waals surface area contributed by atoms with E-state index in [4.69, 9.17) is 4.74 Å². The minimum Gasteiger partial charge on any atom is -0.379 e. The Balaban J connectivity index is 0.00000338. The number of hydrogen-bond donors (Lipinski definition) is 2. The van der Waals surface area contributed by atoms with Crippen LogP contribution in [-0.4, -0.2) is 55.9 Å². The lowest BCUT2D eigenvalue weighted by Gasteiger charge is -2.20. The molecule has 0 bridgehead atoms. The van der Waals surface area contributed by atoms with Crippen molar-refractivity contribution in [2.24, 2.45) is 4.99 Å². The molecule has 1 aromatic rings. The first kappa shape index (κ1) is 22.9. The normalized spacial score (nSPS) is 17.3. The van der Waals surface area contributed by atoms with Gasteiger partial charge in [0, 0.05) is 45.0 Å². The first-order chi connectivity index (χ1) is 12.1. The molecule has 1 aliphatic heterocycles. The number of nitrogens with zero attached hydrogens (tertiary/aromatic N) is 3. The Morgan fingerprint density at radius 1 is 1.50 bits per heavy atom. The number of pyridine rings is 1. The van der Waals surface area contributed by atoms with Gasteiger partial charge < -0.3 is 20.3 Å². The first-order valence-electron chi connectivity index (χ1n) is 9.12. The molecule has 1 fully saturated rings. The molecular weight excluding hydrogens is 448 g/mol. The van der Waals surface area contributed by atoms with Crippen molar-refractivity contribution in [2.45, 2.75) is 45.8 Å². The summed E-state index contributed by atoms with van der Waals surface area (Å²) in [7, 11) is 0. The summed E-state index contributed by atoms with van der Waals surface area (Å²) in [6.45, 7) is 9.85. The Morgan fingerprint density at radius 3 is 3.00 bits per heavy atom. The second-order valence-electron chi connectivity index (χ2n) is 6.42. The van der Waals surface area contributed by atoms with E-state index in [0.717, 1.165) is 45.0 Å². The zero-order valence-corrected chi connectivity index (χ0v) is 18.2. The van der Waals surface area contributed by atoms with Crippen LogP contribution in [0.3, 0.4) is 0 Å². The molecule has 8 heteroatoms. The number of nitrogens with one attached hydrogen (secondary N) is 2. The molecule has 1 atom stereocenters. The van der Waals surface area contributed by atoms with Crippen LogP contribution in [0.2, 0.25) is 0 Å². The SMILES string of the molecule is CCNC(=NCCCOC(C)C)NC1CCN(c2ncccc2F)C1.I. The minimum absolute atomic E-state index is 0. The van der Waals surface area contributed by atoms with Crippen LogP contribution in [0.5, 0.6) is 0 Å².